The monoisotopic (exact) mass is 534 g/mol. The second-order valence-electron chi connectivity index (χ2n) is 9.08. The molecule has 32 heavy (non-hydrogen) atoms. The van der Waals surface area contributed by atoms with Crippen molar-refractivity contribution in [1.82, 2.24) is 0 Å². The summed E-state index contributed by atoms with van der Waals surface area (Å²) >= 11 is -4.24. The van der Waals surface area contributed by atoms with Crippen molar-refractivity contribution in [1.29, 1.82) is 0 Å². The van der Waals surface area contributed by atoms with Crippen molar-refractivity contribution in [3.8, 4) is 11.5 Å². The van der Waals surface area contributed by atoms with Gasteiger partial charge in [0.2, 0.25) is 0 Å². The third-order valence-electron chi connectivity index (χ3n) is 6.22. The van der Waals surface area contributed by atoms with Gasteiger partial charge in [0.05, 0.1) is 0 Å². The molecule has 1 aliphatic heterocycles. The molecule has 1 heterocycles. The molecular formula is C25H30Cl2GeN2O2. The summed E-state index contributed by atoms with van der Waals surface area (Å²) in [6.07, 6.45) is 3.18. The van der Waals surface area contributed by atoms with Gasteiger partial charge in [-0.25, -0.2) is 0 Å². The van der Waals surface area contributed by atoms with E-state index in [-0.39, 0.29) is 12.1 Å². The van der Waals surface area contributed by atoms with Gasteiger partial charge in [-0.05, 0) is 0 Å². The summed E-state index contributed by atoms with van der Waals surface area (Å²) in [6, 6.07) is 8.62. The first-order valence-corrected chi connectivity index (χ1v) is 18.3. The number of hydrogen-bond donors (Lipinski definition) is 0. The van der Waals surface area contributed by atoms with E-state index in [1.54, 1.807) is 0 Å². The topological polar surface area (TPSA) is 43.2 Å². The fourth-order valence-electron chi connectivity index (χ4n) is 4.83. The summed E-state index contributed by atoms with van der Waals surface area (Å²) in [4.78, 5) is 10.2. The number of aliphatic imine (C=N–C) groups is 2. The number of halogens is 2. The second kappa shape index (κ2) is 9.04. The van der Waals surface area contributed by atoms with Crippen LogP contribution in [-0.2, 0) is 0 Å². The quantitative estimate of drug-likeness (QED) is 0.348. The molecule has 0 radical (unpaired) electrons. The Kier molecular flexibility index (Phi) is 6.68. The van der Waals surface area contributed by atoms with Gasteiger partial charge in [0.15, 0.2) is 0 Å². The minimum absolute atomic E-state index is 0.146. The van der Waals surface area contributed by atoms with Crippen LogP contribution in [0.25, 0.3) is 0 Å². The van der Waals surface area contributed by atoms with Gasteiger partial charge in [0, 0.05) is 0 Å². The van der Waals surface area contributed by atoms with Crippen LogP contribution in [0.4, 0.5) is 0 Å². The van der Waals surface area contributed by atoms with Crippen LogP contribution >= 0.6 is 20.0 Å². The van der Waals surface area contributed by atoms with Gasteiger partial charge in [0.25, 0.3) is 0 Å². The molecule has 7 heteroatoms. The van der Waals surface area contributed by atoms with E-state index in [1.165, 1.54) is 0 Å². The first kappa shape index (κ1) is 23.7. The standard InChI is InChI=1S/C25H30Cl2GeN2O2/c1-14-10-16(3)24-20(12-14)18(5)29-22-8-7-9-23(22)30-19(6)21-13-15(2)11-17(4)25(21)32-28(26,27)31-24/h10-13,22-23H,7-9H2,1-6H3/t22-,23-/m1/s1. The maximum absolute atomic E-state index is 6.81. The molecule has 2 atom stereocenters. The van der Waals surface area contributed by atoms with Gasteiger partial charge in [-0.15, -0.1) is 0 Å². The Hall–Kier alpha value is -1.50. The van der Waals surface area contributed by atoms with Gasteiger partial charge in [-0.1, -0.05) is 0 Å². The summed E-state index contributed by atoms with van der Waals surface area (Å²) < 4.78 is 12.6. The molecule has 4 rings (SSSR count). The molecule has 0 saturated heterocycles. The van der Waals surface area contributed by atoms with Crippen LogP contribution < -0.4 is 7.53 Å². The summed E-state index contributed by atoms with van der Waals surface area (Å²) in [5.41, 5.74) is 7.92. The van der Waals surface area contributed by atoms with Crippen molar-refractivity contribution in [2.24, 2.45) is 9.98 Å². The van der Waals surface area contributed by atoms with E-state index in [0.29, 0.717) is 11.5 Å². The predicted molar refractivity (Wildman–Crippen MR) is 136 cm³/mol. The molecule has 2 aromatic carbocycles. The molecule has 0 amide bonds. The molecule has 1 saturated carbocycles. The third-order valence-corrected chi connectivity index (χ3v) is 9.68. The number of benzene rings is 2. The van der Waals surface area contributed by atoms with Crippen LogP contribution in [0, 0.1) is 27.7 Å². The van der Waals surface area contributed by atoms with Crippen molar-refractivity contribution >= 4 is 43.5 Å². The minimum atomic E-state index is -4.24. The molecule has 0 bridgehead atoms. The zero-order valence-electron chi connectivity index (χ0n) is 19.6. The number of nitrogens with zero attached hydrogens (tertiary/aromatic N) is 2. The third kappa shape index (κ3) is 4.87. The first-order chi connectivity index (χ1) is 15.0. The summed E-state index contributed by atoms with van der Waals surface area (Å²) in [7, 11) is 13.6. The SMILES string of the molecule is CC1=N[C@@H]2CCC[C@H]2N=C(C)c2cc(C)cc(C)c2[O][Ge]([Cl])([Cl])[O]c2c(C)cc(C)cc21. The molecular weight excluding hydrogens is 504 g/mol. The fraction of sp³-hybridized carbons (Fsp3) is 0.440. The normalized spacial score (nSPS) is 22.5. The van der Waals surface area contributed by atoms with Gasteiger partial charge < -0.3 is 0 Å². The van der Waals surface area contributed by atoms with Crippen molar-refractivity contribution < 1.29 is 7.53 Å². The molecule has 170 valence electrons. The second-order valence-corrected chi connectivity index (χ2v) is 18.1. The molecule has 0 unspecified atom stereocenters. The fourth-order valence-corrected chi connectivity index (χ4v) is 8.66. The van der Waals surface area contributed by atoms with Crippen LogP contribution in [-0.4, -0.2) is 35.6 Å². The van der Waals surface area contributed by atoms with Crippen LogP contribution in [0.3, 0.4) is 0 Å². The summed E-state index contributed by atoms with van der Waals surface area (Å²) in [6.45, 7) is 12.2. The zero-order chi connectivity index (χ0) is 23.2. The summed E-state index contributed by atoms with van der Waals surface area (Å²) in [5.74, 6) is 1.33. The van der Waals surface area contributed by atoms with Gasteiger partial charge in [0.1, 0.15) is 0 Å². The van der Waals surface area contributed by atoms with Crippen LogP contribution in [0.5, 0.6) is 11.5 Å². The Labute approximate surface area is 202 Å². The van der Waals surface area contributed by atoms with Crippen LogP contribution in [0.1, 0.15) is 66.5 Å². The molecule has 0 aromatic heterocycles. The van der Waals surface area contributed by atoms with E-state index >= 15 is 0 Å². The average molecular weight is 534 g/mol. The van der Waals surface area contributed by atoms with Crippen molar-refractivity contribution in [2.75, 3.05) is 0 Å². The Morgan fingerprint density at radius 2 is 1.12 bits per heavy atom. The van der Waals surface area contributed by atoms with Gasteiger partial charge in [-0.2, -0.15) is 0 Å². The Balaban J connectivity index is 1.95. The van der Waals surface area contributed by atoms with E-state index in [4.69, 9.17) is 37.5 Å². The number of aryl methyl sites for hydroxylation is 4. The summed E-state index contributed by atoms with van der Waals surface area (Å²) in [5, 5.41) is 0. The van der Waals surface area contributed by atoms with Crippen LogP contribution in [0.2, 0.25) is 0 Å². The van der Waals surface area contributed by atoms with E-state index in [9.17, 15) is 0 Å². The Morgan fingerprint density at radius 1 is 0.719 bits per heavy atom. The maximum atomic E-state index is 6.81. The number of fused-ring (bicyclic) bond motifs is 3. The molecule has 4 nitrogen and oxygen atoms in total. The molecule has 0 N–H and O–H groups in total. The van der Waals surface area contributed by atoms with Crippen molar-refractivity contribution in [3.63, 3.8) is 0 Å². The Morgan fingerprint density at radius 3 is 1.53 bits per heavy atom. The molecule has 2 aromatic rings. The first-order valence-electron chi connectivity index (χ1n) is 11.1. The van der Waals surface area contributed by atoms with Crippen LogP contribution in [0.15, 0.2) is 34.3 Å². The molecule has 2 aliphatic rings. The predicted octanol–water partition coefficient (Wildman–Crippen LogP) is 6.84. The van der Waals surface area contributed by atoms with E-state index < -0.39 is 12.1 Å². The number of rotatable bonds is 0. The van der Waals surface area contributed by atoms with Gasteiger partial charge in [-0.3, -0.25) is 0 Å². The average Bonchev–Trinajstić information content (AvgIpc) is 3.11. The van der Waals surface area contributed by atoms with E-state index in [1.807, 2.05) is 27.7 Å². The van der Waals surface area contributed by atoms with Gasteiger partial charge >= 0.3 is 203 Å². The molecule has 1 aliphatic carbocycles. The Bertz CT molecular complexity index is 1040. The zero-order valence-corrected chi connectivity index (χ0v) is 23.2. The van der Waals surface area contributed by atoms with Crippen molar-refractivity contribution in [3.05, 3.63) is 57.6 Å². The molecule has 1 fully saturated rings. The number of hydrogen-bond acceptors (Lipinski definition) is 4. The van der Waals surface area contributed by atoms with Crippen molar-refractivity contribution in [2.45, 2.75) is 72.9 Å². The molecule has 0 spiro atoms. The van der Waals surface area contributed by atoms with E-state index in [2.05, 4.69) is 38.1 Å². The van der Waals surface area contributed by atoms with E-state index in [0.717, 1.165) is 64.1 Å².